The summed E-state index contributed by atoms with van der Waals surface area (Å²) in [6.45, 7) is 0. The quantitative estimate of drug-likeness (QED) is 0.611. The zero-order valence-corrected chi connectivity index (χ0v) is 8.92. The molecule has 0 unspecified atom stereocenters. The minimum Gasteiger partial charge on any atom is -0.495 e. The Hall–Kier alpha value is -0.810. The Morgan fingerprint density at radius 1 is 1.62 bits per heavy atom. The number of benzene rings is 1. The number of ether oxygens (including phenoxy) is 1. The summed E-state index contributed by atoms with van der Waals surface area (Å²) in [6.07, 6.45) is 0. The van der Waals surface area contributed by atoms with E-state index in [9.17, 15) is 10.1 Å². The van der Waals surface area contributed by atoms with E-state index in [4.69, 9.17) is 16.3 Å². The first-order valence-electron chi connectivity index (χ1n) is 3.24. The second-order valence-corrected chi connectivity index (χ2v) is 3.34. The van der Waals surface area contributed by atoms with Crippen LogP contribution < -0.4 is 4.74 Å². The van der Waals surface area contributed by atoms with Crippen molar-refractivity contribution in [3.63, 3.8) is 0 Å². The van der Waals surface area contributed by atoms with Crippen molar-refractivity contribution in [1.29, 1.82) is 0 Å². The van der Waals surface area contributed by atoms with Crippen LogP contribution in [0.25, 0.3) is 0 Å². The van der Waals surface area contributed by atoms with E-state index in [1.807, 2.05) is 0 Å². The van der Waals surface area contributed by atoms with Gasteiger partial charge in [0.05, 0.1) is 12.0 Å². The van der Waals surface area contributed by atoms with Crippen molar-refractivity contribution in [2.75, 3.05) is 7.11 Å². The first kappa shape index (κ1) is 10.3. The summed E-state index contributed by atoms with van der Waals surface area (Å²) in [5.74, 6) is 0.402. The molecule has 6 heteroatoms. The van der Waals surface area contributed by atoms with Crippen molar-refractivity contribution < 1.29 is 9.66 Å². The lowest BCUT2D eigenvalue weighted by atomic mass is 10.3. The summed E-state index contributed by atoms with van der Waals surface area (Å²) in [4.78, 5) is 9.93. The van der Waals surface area contributed by atoms with Crippen molar-refractivity contribution >= 4 is 33.2 Å². The lowest BCUT2D eigenvalue weighted by Crippen LogP contribution is -1.91. The second kappa shape index (κ2) is 3.93. The van der Waals surface area contributed by atoms with Crippen LogP contribution in [-0.2, 0) is 0 Å². The summed E-state index contributed by atoms with van der Waals surface area (Å²) < 4.78 is 5.11. The summed E-state index contributed by atoms with van der Waals surface area (Å²) in [5.41, 5.74) is -0.0780. The van der Waals surface area contributed by atoms with Gasteiger partial charge in [0.1, 0.15) is 15.2 Å². The molecule has 70 valence electrons. The zero-order valence-electron chi connectivity index (χ0n) is 6.58. The average Bonchev–Trinajstić information content (AvgIpc) is 2.09. The fraction of sp³-hybridized carbons (Fsp3) is 0.143. The van der Waals surface area contributed by atoms with Gasteiger partial charge in [-0.05, 0) is 22.0 Å². The first-order valence-corrected chi connectivity index (χ1v) is 4.41. The van der Waals surface area contributed by atoms with Crippen LogP contribution in [0.1, 0.15) is 0 Å². The van der Waals surface area contributed by atoms with Crippen molar-refractivity contribution in [2.45, 2.75) is 0 Å². The number of hydrogen-bond donors (Lipinski definition) is 0. The molecule has 0 radical (unpaired) electrons. The minimum atomic E-state index is -0.518. The van der Waals surface area contributed by atoms with Gasteiger partial charge in [-0.25, -0.2) is 0 Å². The molecule has 0 amide bonds. The largest absolute Gasteiger partial charge is 0.495 e. The van der Waals surface area contributed by atoms with Crippen molar-refractivity contribution in [1.82, 2.24) is 0 Å². The smallest absolute Gasteiger partial charge is 0.285 e. The van der Waals surface area contributed by atoms with Crippen LogP contribution in [0.2, 0.25) is 5.02 Å². The van der Waals surface area contributed by atoms with Gasteiger partial charge in [-0.15, -0.1) is 0 Å². The standard InChI is InChI=1S/C7H5BrClNO3/c1-13-5-3-2-4(10(11)12)6(8)7(5)9/h2-3H,1H3. The second-order valence-electron chi connectivity index (χ2n) is 2.17. The molecule has 1 aromatic carbocycles. The third-order valence-electron chi connectivity index (χ3n) is 1.44. The van der Waals surface area contributed by atoms with Gasteiger partial charge in [-0.3, -0.25) is 10.1 Å². The number of nitro groups is 1. The Balaban J connectivity index is 3.31. The molecule has 0 saturated heterocycles. The molecule has 0 heterocycles. The molecule has 1 aromatic rings. The van der Waals surface area contributed by atoms with E-state index in [1.165, 1.54) is 19.2 Å². The minimum absolute atomic E-state index is 0.0780. The lowest BCUT2D eigenvalue weighted by Gasteiger charge is -2.03. The van der Waals surface area contributed by atoms with Crippen molar-refractivity contribution in [3.8, 4) is 5.75 Å². The van der Waals surface area contributed by atoms with Crippen LogP contribution in [0, 0.1) is 10.1 Å². The van der Waals surface area contributed by atoms with Crippen LogP contribution in [0.4, 0.5) is 5.69 Å². The Bertz CT molecular complexity index is 356. The van der Waals surface area contributed by atoms with Crippen LogP contribution in [0.15, 0.2) is 16.6 Å². The van der Waals surface area contributed by atoms with Gasteiger partial charge in [0, 0.05) is 6.07 Å². The number of nitrogens with zero attached hydrogens (tertiary/aromatic N) is 1. The van der Waals surface area contributed by atoms with Crippen LogP contribution in [0.5, 0.6) is 5.75 Å². The van der Waals surface area contributed by atoms with Gasteiger partial charge >= 0.3 is 0 Å². The third kappa shape index (κ3) is 1.92. The van der Waals surface area contributed by atoms with Gasteiger partial charge in [-0.2, -0.15) is 0 Å². The number of methoxy groups -OCH3 is 1. The topological polar surface area (TPSA) is 52.4 Å². The fourth-order valence-corrected chi connectivity index (χ4v) is 1.53. The van der Waals surface area contributed by atoms with E-state index in [1.54, 1.807) is 0 Å². The Kier molecular flexibility index (Phi) is 3.11. The van der Waals surface area contributed by atoms with Crippen molar-refractivity contribution in [3.05, 3.63) is 31.7 Å². The monoisotopic (exact) mass is 265 g/mol. The molecule has 0 aliphatic heterocycles. The maximum atomic E-state index is 10.4. The van der Waals surface area contributed by atoms with Crippen molar-refractivity contribution in [2.24, 2.45) is 0 Å². The predicted octanol–water partition coefficient (Wildman–Crippen LogP) is 3.02. The van der Waals surface area contributed by atoms with Gasteiger partial charge in [0.15, 0.2) is 0 Å². The zero-order chi connectivity index (χ0) is 10.0. The van der Waals surface area contributed by atoms with Crippen LogP contribution in [-0.4, -0.2) is 12.0 Å². The van der Waals surface area contributed by atoms with Crippen LogP contribution in [0.3, 0.4) is 0 Å². The Labute approximate surface area is 87.7 Å². The molecule has 0 aliphatic rings. The molecule has 1 rings (SSSR count). The highest BCUT2D eigenvalue weighted by Crippen LogP contribution is 2.38. The lowest BCUT2D eigenvalue weighted by molar-refractivity contribution is -0.385. The molecule has 0 aromatic heterocycles. The molecular formula is C7H5BrClNO3. The Morgan fingerprint density at radius 2 is 2.23 bits per heavy atom. The molecule has 0 bridgehead atoms. The van der Waals surface area contributed by atoms with E-state index >= 15 is 0 Å². The number of nitro benzene ring substituents is 1. The van der Waals surface area contributed by atoms with Gasteiger partial charge in [-0.1, -0.05) is 11.6 Å². The number of rotatable bonds is 2. The van der Waals surface area contributed by atoms with E-state index in [0.29, 0.717) is 5.75 Å². The van der Waals surface area contributed by atoms with Crippen LogP contribution >= 0.6 is 27.5 Å². The Morgan fingerprint density at radius 3 is 2.69 bits per heavy atom. The molecule has 0 fully saturated rings. The summed E-state index contributed by atoms with van der Waals surface area (Å²) in [6, 6.07) is 2.78. The maximum Gasteiger partial charge on any atom is 0.285 e. The maximum absolute atomic E-state index is 10.4. The van der Waals surface area contributed by atoms with E-state index in [-0.39, 0.29) is 15.2 Å². The molecule has 13 heavy (non-hydrogen) atoms. The summed E-state index contributed by atoms with van der Waals surface area (Å²) in [5, 5.41) is 10.7. The molecule has 0 N–H and O–H groups in total. The highest BCUT2D eigenvalue weighted by atomic mass is 79.9. The van der Waals surface area contributed by atoms with E-state index in [2.05, 4.69) is 15.9 Å². The normalized spacial score (nSPS) is 9.77. The SMILES string of the molecule is COc1ccc([N+](=O)[O-])c(Br)c1Cl. The molecular weight excluding hydrogens is 261 g/mol. The van der Waals surface area contributed by atoms with E-state index < -0.39 is 4.92 Å². The predicted molar refractivity (Wildman–Crippen MR) is 52.4 cm³/mol. The molecule has 0 aliphatic carbocycles. The molecule has 0 spiro atoms. The number of halogens is 2. The van der Waals surface area contributed by atoms with E-state index in [0.717, 1.165) is 0 Å². The van der Waals surface area contributed by atoms with Gasteiger partial charge in [0.2, 0.25) is 0 Å². The molecule has 0 saturated carbocycles. The van der Waals surface area contributed by atoms with Gasteiger partial charge in [0.25, 0.3) is 5.69 Å². The number of hydrogen-bond acceptors (Lipinski definition) is 3. The molecule has 4 nitrogen and oxygen atoms in total. The summed E-state index contributed by atoms with van der Waals surface area (Å²) >= 11 is 8.79. The molecule has 0 atom stereocenters. The highest BCUT2D eigenvalue weighted by Gasteiger charge is 2.17. The first-order chi connectivity index (χ1) is 6.07. The average molecular weight is 266 g/mol. The highest BCUT2D eigenvalue weighted by molar-refractivity contribution is 9.10. The fourth-order valence-electron chi connectivity index (χ4n) is 0.820. The third-order valence-corrected chi connectivity index (χ3v) is 2.85. The van der Waals surface area contributed by atoms with Gasteiger partial charge < -0.3 is 4.74 Å². The summed E-state index contributed by atoms with van der Waals surface area (Å²) in [7, 11) is 1.44.